The number of methoxy groups -OCH3 is 1. The van der Waals surface area contributed by atoms with Crippen LogP contribution < -0.4 is 20.1 Å². The molecule has 0 radical (unpaired) electrons. The van der Waals surface area contributed by atoms with Gasteiger partial charge in [0.25, 0.3) is 5.91 Å². The zero-order valence-corrected chi connectivity index (χ0v) is 28.1. The van der Waals surface area contributed by atoms with Crippen LogP contribution >= 0.6 is 0 Å². The number of amides is 2. The van der Waals surface area contributed by atoms with Crippen molar-refractivity contribution in [2.75, 3.05) is 13.7 Å². The lowest BCUT2D eigenvalue weighted by atomic mass is 9.88. The molecule has 1 fully saturated rings. The number of nitro groups is 1. The van der Waals surface area contributed by atoms with Gasteiger partial charge in [0.1, 0.15) is 6.61 Å². The van der Waals surface area contributed by atoms with Crippen molar-refractivity contribution in [2.45, 2.75) is 56.7 Å². The van der Waals surface area contributed by atoms with Gasteiger partial charge in [-0.2, -0.15) is 17.6 Å². The summed E-state index contributed by atoms with van der Waals surface area (Å²) >= 11 is 0. The Bertz CT molecular complexity index is 1970. The number of nitrogens with one attached hydrogen (secondary N) is 2. The number of alkyl halides is 3. The lowest BCUT2D eigenvalue weighted by Gasteiger charge is -2.33. The topological polar surface area (TPSA) is 162 Å². The number of nitrogens with zero attached hydrogens (tertiary/aromatic N) is 2. The van der Waals surface area contributed by atoms with Crippen LogP contribution in [0.5, 0.6) is 11.5 Å². The molecule has 0 bridgehead atoms. The molecule has 1 heterocycles. The van der Waals surface area contributed by atoms with Crippen LogP contribution in [0.15, 0.2) is 78.9 Å². The zero-order chi connectivity index (χ0) is 37.8. The molecule has 5 rings (SSSR count). The smallest absolute Gasteiger partial charge is 0.424 e. The molecule has 52 heavy (non-hydrogen) atoms. The highest BCUT2D eigenvalue weighted by Crippen LogP contribution is 2.41. The number of hydrogen-bond acceptors (Lipinski definition) is 9. The Morgan fingerprint density at radius 3 is 2.35 bits per heavy atom. The highest BCUT2D eigenvalue weighted by atomic mass is 19.4. The van der Waals surface area contributed by atoms with Crippen LogP contribution in [0.3, 0.4) is 0 Å². The average Bonchev–Trinajstić information content (AvgIpc) is 3.93. The molecule has 1 aromatic heterocycles. The molecule has 3 N–H and O–H groups in total. The molecular weight excluding hydrogens is 692 g/mol. The van der Waals surface area contributed by atoms with E-state index in [2.05, 4.69) is 15.6 Å². The second kappa shape index (κ2) is 14.8. The maximum Gasteiger partial charge on any atom is 0.424 e. The van der Waals surface area contributed by atoms with Crippen LogP contribution in [-0.2, 0) is 22.5 Å². The third kappa shape index (κ3) is 8.57. The Labute approximate surface area is 294 Å². The summed E-state index contributed by atoms with van der Waals surface area (Å²) in [4.78, 5) is 40.5. The molecule has 0 aliphatic heterocycles. The summed E-state index contributed by atoms with van der Waals surface area (Å²) in [6, 6.07) is 17.4. The number of carbonyl (C=O) groups is 2. The lowest BCUT2D eigenvalue weighted by molar-refractivity contribution is -0.387. The number of rotatable bonds is 13. The van der Waals surface area contributed by atoms with Crippen molar-refractivity contribution in [1.29, 1.82) is 0 Å². The third-order valence-electron chi connectivity index (χ3n) is 8.25. The first-order valence-electron chi connectivity index (χ1n) is 15.9. The summed E-state index contributed by atoms with van der Waals surface area (Å²) in [5.41, 5.74) is -7.36. The first-order valence-corrected chi connectivity index (χ1v) is 15.9. The number of pyridine rings is 1. The SMILES string of the molecule is COc1cc(C(=O)NCC(O)(c2cc(C(C)(C)NC(=O)OCc3ccccc3)cc(-c3ccc(F)c([N+](=O)[O-])c3)n2)C(F)(F)F)ccc1OC1CC1. The summed E-state index contributed by atoms with van der Waals surface area (Å²) in [5, 5.41) is 27.5. The maximum atomic E-state index is 14.9. The standard InChI is InChI=1S/C36H34F4N4O8/c1-34(2,43-33(46)51-19-21-7-5-4-6-8-21)24-17-27(22-9-13-26(37)28(15-22)44(48)49)42-31(18-24)35(47,36(38,39)40)20-41-32(45)23-10-14-29(30(16-23)50-3)52-25-11-12-25/h4-10,13-18,25,47H,11-12,19-20H2,1-3H3,(H,41,45)(H,43,46). The van der Waals surface area contributed by atoms with Gasteiger partial charge < -0.3 is 30.0 Å². The van der Waals surface area contributed by atoms with E-state index in [9.17, 15) is 42.4 Å². The Balaban J connectivity index is 1.50. The molecule has 1 saturated carbocycles. The molecule has 1 atom stereocenters. The second-order valence-corrected chi connectivity index (χ2v) is 12.6. The molecule has 12 nitrogen and oxygen atoms in total. The Kier molecular flexibility index (Phi) is 10.7. The number of alkyl carbamates (subject to hydrolysis) is 1. The predicted molar refractivity (Wildman–Crippen MR) is 178 cm³/mol. The average molecular weight is 727 g/mol. The maximum absolute atomic E-state index is 14.9. The van der Waals surface area contributed by atoms with E-state index in [4.69, 9.17) is 14.2 Å². The van der Waals surface area contributed by atoms with E-state index in [-0.39, 0.29) is 40.8 Å². The van der Waals surface area contributed by atoms with Crippen molar-refractivity contribution < 1.29 is 51.4 Å². The van der Waals surface area contributed by atoms with Gasteiger partial charge >= 0.3 is 18.0 Å². The Morgan fingerprint density at radius 1 is 1.00 bits per heavy atom. The number of carbonyl (C=O) groups excluding carboxylic acids is 2. The molecule has 0 spiro atoms. The van der Waals surface area contributed by atoms with Crippen molar-refractivity contribution in [3.8, 4) is 22.8 Å². The fraction of sp³-hybridized carbons (Fsp3) is 0.306. The molecule has 1 unspecified atom stereocenters. The number of ether oxygens (including phenoxy) is 3. The van der Waals surface area contributed by atoms with Crippen molar-refractivity contribution in [3.05, 3.63) is 117 Å². The quantitative estimate of drug-likeness (QED) is 0.0775. The van der Waals surface area contributed by atoms with Gasteiger partial charge in [-0.15, -0.1) is 0 Å². The summed E-state index contributed by atoms with van der Waals surface area (Å²) in [7, 11) is 1.34. The highest BCUT2D eigenvalue weighted by molar-refractivity contribution is 5.95. The van der Waals surface area contributed by atoms with Gasteiger partial charge in [-0.25, -0.2) is 9.78 Å². The predicted octanol–water partition coefficient (Wildman–Crippen LogP) is 6.69. The molecule has 4 aromatic rings. The molecule has 16 heteroatoms. The largest absolute Gasteiger partial charge is 0.493 e. The van der Waals surface area contributed by atoms with E-state index in [1.165, 1.54) is 45.2 Å². The Hall–Kier alpha value is -5.77. The lowest BCUT2D eigenvalue weighted by Crippen LogP contribution is -2.52. The summed E-state index contributed by atoms with van der Waals surface area (Å²) in [6.45, 7) is 1.32. The fourth-order valence-electron chi connectivity index (χ4n) is 5.07. The summed E-state index contributed by atoms with van der Waals surface area (Å²) in [6.07, 6.45) is -4.69. The van der Waals surface area contributed by atoms with Crippen molar-refractivity contribution in [3.63, 3.8) is 0 Å². The Morgan fingerprint density at radius 2 is 1.71 bits per heavy atom. The minimum Gasteiger partial charge on any atom is -0.493 e. The van der Waals surface area contributed by atoms with E-state index < -0.39 is 58.0 Å². The first-order chi connectivity index (χ1) is 24.5. The van der Waals surface area contributed by atoms with Gasteiger partial charge in [-0.1, -0.05) is 30.3 Å². The van der Waals surface area contributed by atoms with E-state index in [1.54, 1.807) is 30.3 Å². The molecule has 1 aliphatic rings. The number of hydrogen-bond donors (Lipinski definition) is 3. The van der Waals surface area contributed by atoms with E-state index >= 15 is 0 Å². The van der Waals surface area contributed by atoms with Crippen LogP contribution in [-0.4, -0.2) is 52.9 Å². The zero-order valence-electron chi connectivity index (χ0n) is 28.1. The highest BCUT2D eigenvalue weighted by Gasteiger charge is 2.57. The minimum absolute atomic E-state index is 0.00433. The third-order valence-corrected chi connectivity index (χ3v) is 8.25. The first kappa shape index (κ1) is 37.5. The minimum atomic E-state index is -5.45. The number of benzene rings is 3. The monoisotopic (exact) mass is 726 g/mol. The van der Waals surface area contributed by atoms with Gasteiger partial charge in [0, 0.05) is 17.2 Å². The molecule has 274 valence electrons. The van der Waals surface area contributed by atoms with Crippen LogP contribution in [0.2, 0.25) is 0 Å². The van der Waals surface area contributed by atoms with Gasteiger partial charge in [0.2, 0.25) is 11.4 Å². The van der Waals surface area contributed by atoms with E-state index in [0.29, 0.717) is 11.3 Å². The van der Waals surface area contributed by atoms with Gasteiger partial charge in [-0.3, -0.25) is 14.9 Å². The van der Waals surface area contributed by atoms with Gasteiger partial charge in [0.05, 0.1) is 41.6 Å². The van der Waals surface area contributed by atoms with Crippen LogP contribution in [0.4, 0.5) is 28.0 Å². The van der Waals surface area contributed by atoms with E-state index in [0.717, 1.165) is 37.1 Å². The van der Waals surface area contributed by atoms with E-state index in [1.807, 2.05) is 0 Å². The molecular formula is C36H34F4N4O8. The number of aromatic nitrogens is 1. The molecule has 1 aliphatic carbocycles. The fourth-order valence-corrected chi connectivity index (χ4v) is 5.07. The van der Waals surface area contributed by atoms with Crippen LogP contribution in [0.1, 0.15) is 53.9 Å². The van der Waals surface area contributed by atoms with Crippen molar-refractivity contribution >= 4 is 17.7 Å². The summed E-state index contributed by atoms with van der Waals surface area (Å²) < 4.78 is 75.2. The molecule has 3 aromatic carbocycles. The number of aliphatic hydroxyl groups is 1. The van der Waals surface area contributed by atoms with Crippen molar-refractivity contribution in [2.24, 2.45) is 0 Å². The van der Waals surface area contributed by atoms with Crippen LogP contribution in [0, 0.1) is 15.9 Å². The normalized spacial score (nSPS) is 14.2. The van der Waals surface area contributed by atoms with Gasteiger partial charge in [-0.05, 0) is 80.3 Å². The molecule has 2 amide bonds. The number of nitro benzene ring substituents is 1. The van der Waals surface area contributed by atoms with Crippen LogP contribution in [0.25, 0.3) is 11.3 Å². The second-order valence-electron chi connectivity index (χ2n) is 12.6. The van der Waals surface area contributed by atoms with Gasteiger partial charge in [0.15, 0.2) is 11.5 Å². The molecule has 0 saturated heterocycles. The summed E-state index contributed by atoms with van der Waals surface area (Å²) in [5.74, 6) is -1.67. The van der Waals surface area contributed by atoms with Crippen molar-refractivity contribution in [1.82, 2.24) is 15.6 Å². The number of halogens is 4.